The third-order valence-electron chi connectivity index (χ3n) is 2.34. The highest BCUT2D eigenvalue weighted by Crippen LogP contribution is 2.35. The Morgan fingerprint density at radius 1 is 1.53 bits per heavy atom. The number of fused-ring (bicyclic) bond motifs is 1. The molecule has 0 atom stereocenters. The average molecular weight is 224 g/mol. The summed E-state index contributed by atoms with van der Waals surface area (Å²) in [6.07, 6.45) is 0. The van der Waals surface area contributed by atoms with E-state index in [0.29, 0.717) is 12.3 Å². The van der Waals surface area contributed by atoms with Crippen LogP contribution >= 0.6 is 11.8 Å². The fraction of sp³-hybridized carbons (Fsp3) is 0.300. The molecule has 4 nitrogen and oxygen atoms in total. The summed E-state index contributed by atoms with van der Waals surface area (Å²) in [7, 11) is 0. The number of aliphatic hydroxyl groups excluding tert-OH is 1. The van der Waals surface area contributed by atoms with Crippen LogP contribution in [0.3, 0.4) is 0 Å². The summed E-state index contributed by atoms with van der Waals surface area (Å²) >= 11 is 1.49. The molecule has 0 fully saturated rings. The molecule has 0 saturated carbocycles. The van der Waals surface area contributed by atoms with E-state index < -0.39 is 0 Å². The third-order valence-corrected chi connectivity index (χ3v) is 3.39. The molecule has 5 heteroatoms. The van der Waals surface area contributed by atoms with Crippen LogP contribution in [0.15, 0.2) is 23.1 Å². The van der Waals surface area contributed by atoms with Gasteiger partial charge < -0.3 is 10.8 Å². The molecule has 0 saturated heterocycles. The number of benzene rings is 1. The number of anilines is 1. The molecule has 1 aromatic rings. The van der Waals surface area contributed by atoms with E-state index in [1.807, 2.05) is 18.2 Å². The topological polar surface area (TPSA) is 66.6 Å². The lowest BCUT2D eigenvalue weighted by Crippen LogP contribution is -2.36. The van der Waals surface area contributed by atoms with Crippen molar-refractivity contribution in [3.8, 4) is 0 Å². The van der Waals surface area contributed by atoms with E-state index >= 15 is 0 Å². The molecule has 0 spiro atoms. The Bertz CT molecular complexity index is 395. The maximum Gasteiger partial charge on any atom is 0.239 e. The van der Waals surface area contributed by atoms with E-state index in [2.05, 4.69) is 0 Å². The molecular formula is C10H12N2O2S. The van der Waals surface area contributed by atoms with Gasteiger partial charge in [0.2, 0.25) is 5.91 Å². The number of aliphatic hydroxyl groups is 1. The van der Waals surface area contributed by atoms with Gasteiger partial charge >= 0.3 is 0 Å². The fourth-order valence-corrected chi connectivity index (χ4v) is 2.45. The van der Waals surface area contributed by atoms with Gasteiger partial charge in [0.25, 0.3) is 0 Å². The Kier molecular flexibility index (Phi) is 2.95. The number of nitrogens with two attached hydrogens (primary N) is 1. The number of carbonyl (C=O) groups is 1. The van der Waals surface area contributed by atoms with Gasteiger partial charge in [-0.1, -0.05) is 6.07 Å². The lowest BCUT2D eigenvalue weighted by atomic mass is 10.2. The van der Waals surface area contributed by atoms with E-state index in [9.17, 15) is 4.79 Å². The van der Waals surface area contributed by atoms with Crippen molar-refractivity contribution in [2.45, 2.75) is 11.4 Å². The number of nitrogens with zero attached hydrogens (tertiary/aromatic N) is 1. The molecular weight excluding hydrogens is 212 g/mol. The zero-order valence-corrected chi connectivity index (χ0v) is 8.96. The first-order valence-corrected chi connectivity index (χ1v) is 5.62. The molecule has 0 aromatic heterocycles. The third kappa shape index (κ3) is 1.86. The van der Waals surface area contributed by atoms with E-state index in [1.54, 1.807) is 0 Å². The Labute approximate surface area is 92.1 Å². The summed E-state index contributed by atoms with van der Waals surface area (Å²) in [5.74, 6) is 0.319. The molecule has 3 N–H and O–H groups in total. The number of rotatable bonds is 2. The van der Waals surface area contributed by atoms with Gasteiger partial charge in [0.15, 0.2) is 0 Å². The van der Waals surface area contributed by atoms with Crippen LogP contribution in [-0.2, 0) is 11.3 Å². The summed E-state index contributed by atoms with van der Waals surface area (Å²) in [4.78, 5) is 13.9. The zero-order chi connectivity index (χ0) is 10.8. The molecule has 0 bridgehead atoms. The lowest BCUT2D eigenvalue weighted by molar-refractivity contribution is -0.117. The summed E-state index contributed by atoms with van der Waals surface area (Å²) < 4.78 is 0. The molecule has 15 heavy (non-hydrogen) atoms. The second kappa shape index (κ2) is 4.22. The second-order valence-corrected chi connectivity index (χ2v) is 4.28. The number of hydrogen-bond donors (Lipinski definition) is 2. The monoisotopic (exact) mass is 224 g/mol. The van der Waals surface area contributed by atoms with Crippen LogP contribution in [-0.4, -0.2) is 23.5 Å². The van der Waals surface area contributed by atoms with Crippen molar-refractivity contribution in [2.24, 2.45) is 5.73 Å². The van der Waals surface area contributed by atoms with Gasteiger partial charge in [0.05, 0.1) is 11.4 Å². The van der Waals surface area contributed by atoms with Crippen LogP contribution in [0.4, 0.5) is 5.69 Å². The van der Waals surface area contributed by atoms with Gasteiger partial charge in [-0.2, -0.15) is 0 Å². The van der Waals surface area contributed by atoms with Gasteiger partial charge in [-0.15, -0.1) is 11.8 Å². The van der Waals surface area contributed by atoms with Crippen molar-refractivity contribution in [1.82, 2.24) is 0 Å². The van der Waals surface area contributed by atoms with Gasteiger partial charge in [-0.25, -0.2) is 0 Å². The van der Waals surface area contributed by atoms with Crippen LogP contribution < -0.4 is 10.6 Å². The molecule has 1 amide bonds. The molecule has 0 unspecified atom stereocenters. The van der Waals surface area contributed by atoms with Crippen molar-refractivity contribution in [3.05, 3.63) is 23.8 Å². The Morgan fingerprint density at radius 3 is 3.00 bits per heavy atom. The van der Waals surface area contributed by atoms with Crippen molar-refractivity contribution in [3.63, 3.8) is 0 Å². The van der Waals surface area contributed by atoms with Gasteiger partial charge in [0, 0.05) is 11.4 Å². The first-order chi connectivity index (χ1) is 7.26. The fourth-order valence-electron chi connectivity index (χ4n) is 1.53. The molecule has 1 heterocycles. The highest BCUT2D eigenvalue weighted by molar-refractivity contribution is 8.00. The van der Waals surface area contributed by atoms with E-state index in [0.717, 1.165) is 16.1 Å². The largest absolute Gasteiger partial charge is 0.376 e. The normalized spacial score (nSPS) is 15.3. The first-order valence-electron chi connectivity index (χ1n) is 4.63. The molecule has 2 rings (SSSR count). The molecule has 80 valence electrons. The quantitative estimate of drug-likeness (QED) is 0.769. The van der Waals surface area contributed by atoms with E-state index in [1.165, 1.54) is 16.7 Å². The summed E-state index contributed by atoms with van der Waals surface area (Å²) in [6, 6.07) is 5.74. The zero-order valence-electron chi connectivity index (χ0n) is 8.14. The highest BCUT2D eigenvalue weighted by Gasteiger charge is 2.23. The minimum atomic E-state index is -0.277. The maximum atomic E-state index is 11.5. The van der Waals surface area contributed by atoms with Crippen LogP contribution in [0.2, 0.25) is 0 Å². The van der Waals surface area contributed by atoms with Crippen LogP contribution in [0, 0.1) is 0 Å². The second-order valence-electron chi connectivity index (χ2n) is 3.26. The van der Waals surface area contributed by atoms with Gasteiger partial charge in [0.1, 0.15) is 6.73 Å². The lowest BCUT2D eigenvalue weighted by Gasteiger charge is -2.27. The van der Waals surface area contributed by atoms with Crippen molar-refractivity contribution < 1.29 is 9.90 Å². The maximum absolute atomic E-state index is 11.5. The Morgan fingerprint density at radius 2 is 2.33 bits per heavy atom. The highest BCUT2D eigenvalue weighted by atomic mass is 32.2. The molecule has 1 aromatic carbocycles. The number of hydrogen-bond acceptors (Lipinski definition) is 4. The molecule has 1 aliphatic rings. The van der Waals surface area contributed by atoms with E-state index in [4.69, 9.17) is 10.8 Å². The smallest absolute Gasteiger partial charge is 0.239 e. The number of thioether (sulfide) groups is 1. The predicted octanol–water partition coefficient (Wildman–Crippen LogP) is 0.534. The summed E-state index contributed by atoms with van der Waals surface area (Å²) in [5, 5.41) is 9.14. The SMILES string of the molecule is NCc1ccc2c(c1)N(CO)C(=O)CS2. The average Bonchev–Trinajstić information content (AvgIpc) is 2.28. The Hall–Kier alpha value is -1.04. The standard InChI is InChI=1S/C10H12N2O2S/c11-4-7-1-2-9-8(3-7)12(6-13)10(14)5-15-9/h1-3,13H,4-6,11H2. The molecule has 1 aliphatic heterocycles. The van der Waals surface area contributed by atoms with Crippen molar-refractivity contribution >= 4 is 23.4 Å². The van der Waals surface area contributed by atoms with Crippen molar-refractivity contribution in [2.75, 3.05) is 17.4 Å². The Balaban J connectivity index is 2.45. The van der Waals surface area contributed by atoms with Crippen molar-refractivity contribution in [1.29, 1.82) is 0 Å². The minimum Gasteiger partial charge on any atom is -0.376 e. The first kappa shape index (κ1) is 10.5. The molecule has 0 radical (unpaired) electrons. The molecule has 0 aliphatic carbocycles. The summed E-state index contributed by atoms with van der Waals surface area (Å²) in [6.45, 7) is 0.159. The van der Waals surface area contributed by atoms with Gasteiger partial charge in [-0.3, -0.25) is 9.69 Å². The van der Waals surface area contributed by atoms with Crippen LogP contribution in [0.25, 0.3) is 0 Å². The minimum absolute atomic E-state index is 0.0656. The van der Waals surface area contributed by atoms with Crippen LogP contribution in [0.5, 0.6) is 0 Å². The van der Waals surface area contributed by atoms with Crippen LogP contribution in [0.1, 0.15) is 5.56 Å². The number of carbonyl (C=O) groups excluding carboxylic acids is 1. The van der Waals surface area contributed by atoms with Gasteiger partial charge in [-0.05, 0) is 17.7 Å². The van der Waals surface area contributed by atoms with E-state index in [-0.39, 0.29) is 12.6 Å². The predicted molar refractivity (Wildman–Crippen MR) is 59.6 cm³/mol. The summed E-state index contributed by atoms with van der Waals surface area (Å²) in [5.41, 5.74) is 7.26. The number of amides is 1.